The zero-order chi connectivity index (χ0) is 17.9. The lowest BCUT2D eigenvalue weighted by atomic mass is 10.0. The molecular weight excluding hydrogens is 340 g/mol. The van der Waals surface area contributed by atoms with Gasteiger partial charge in [0.05, 0.1) is 18.1 Å². The number of hydrogen-bond acceptors (Lipinski definition) is 4. The van der Waals surface area contributed by atoms with E-state index in [2.05, 4.69) is 6.92 Å². The van der Waals surface area contributed by atoms with Crippen molar-refractivity contribution in [2.24, 2.45) is 5.92 Å². The Morgan fingerprint density at radius 3 is 2.64 bits per heavy atom. The van der Waals surface area contributed by atoms with Crippen LogP contribution in [-0.4, -0.2) is 62.9 Å². The molecule has 0 N–H and O–H groups in total. The largest absolute Gasteiger partial charge is 0.379 e. The van der Waals surface area contributed by atoms with Gasteiger partial charge in [-0.2, -0.15) is 4.31 Å². The summed E-state index contributed by atoms with van der Waals surface area (Å²) < 4.78 is 32.2. The van der Waals surface area contributed by atoms with Crippen molar-refractivity contribution in [3.63, 3.8) is 0 Å². The van der Waals surface area contributed by atoms with Crippen molar-refractivity contribution in [1.82, 2.24) is 9.21 Å². The Morgan fingerprint density at radius 2 is 1.88 bits per heavy atom. The molecule has 1 unspecified atom stereocenters. The molecule has 0 radical (unpaired) electrons. The molecule has 2 aliphatic rings. The number of hydrogen-bond donors (Lipinski definition) is 0. The van der Waals surface area contributed by atoms with Crippen molar-refractivity contribution in [3.8, 4) is 0 Å². The number of carbonyl (C=O) groups excluding carboxylic acids is 1. The molecule has 0 spiro atoms. The summed E-state index contributed by atoms with van der Waals surface area (Å²) >= 11 is 0. The van der Waals surface area contributed by atoms with Gasteiger partial charge in [-0.25, -0.2) is 8.42 Å². The van der Waals surface area contributed by atoms with Gasteiger partial charge in [-0.05, 0) is 43.4 Å². The number of carbonyl (C=O) groups is 1. The normalized spacial score (nSPS) is 23.2. The Kier molecular flexibility index (Phi) is 5.76. The lowest BCUT2D eigenvalue weighted by Gasteiger charge is -2.26. The van der Waals surface area contributed by atoms with Crippen molar-refractivity contribution >= 4 is 15.9 Å². The van der Waals surface area contributed by atoms with Crippen molar-refractivity contribution < 1.29 is 17.9 Å². The van der Waals surface area contributed by atoms with Gasteiger partial charge >= 0.3 is 0 Å². The summed E-state index contributed by atoms with van der Waals surface area (Å²) in [6.45, 7) is 5.20. The second-order valence-corrected chi connectivity index (χ2v) is 8.81. The third-order valence-corrected chi connectivity index (χ3v) is 6.89. The molecule has 25 heavy (non-hydrogen) atoms. The predicted molar refractivity (Wildman–Crippen MR) is 94.9 cm³/mol. The highest BCUT2D eigenvalue weighted by Crippen LogP contribution is 2.21. The maximum Gasteiger partial charge on any atom is 0.253 e. The number of amides is 1. The minimum Gasteiger partial charge on any atom is -0.379 e. The minimum absolute atomic E-state index is 0.0758. The van der Waals surface area contributed by atoms with E-state index in [-0.39, 0.29) is 10.8 Å². The van der Waals surface area contributed by atoms with Gasteiger partial charge in [0, 0.05) is 31.7 Å². The number of benzene rings is 1. The van der Waals surface area contributed by atoms with Crippen LogP contribution in [0.15, 0.2) is 29.2 Å². The first-order valence-corrected chi connectivity index (χ1v) is 10.4. The van der Waals surface area contributed by atoms with E-state index in [0.717, 1.165) is 32.4 Å². The smallest absolute Gasteiger partial charge is 0.253 e. The summed E-state index contributed by atoms with van der Waals surface area (Å²) in [5.74, 6) is 0.555. The molecule has 1 aromatic carbocycles. The highest BCUT2D eigenvalue weighted by atomic mass is 32.2. The SMILES string of the molecule is CC1CCCN(C(=O)c2cccc(S(=O)(=O)N3CCOCC3)c2)CC1. The summed E-state index contributed by atoms with van der Waals surface area (Å²) in [6, 6.07) is 6.43. The number of rotatable bonds is 3. The molecule has 138 valence electrons. The zero-order valence-corrected chi connectivity index (χ0v) is 15.5. The maximum atomic E-state index is 12.8. The molecule has 3 rings (SSSR count). The van der Waals surface area contributed by atoms with Crippen molar-refractivity contribution in [2.75, 3.05) is 39.4 Å². The van der Waals surface area contributed by atoms with E-state index in [9.17, 15) is 13.2 Å². The van der Waals surface area contributed by atoms with Crippen LogP contribution in [0.3, 0.4) is 0 Å². The Hall–Kier alpha value is -1.44. The molecule has 0 bridgehead atoms. The van der Waals surface area contributed by atoms with Gasteiger partial charge in [-0.15, -0.1) is 0 Å². The lowest BCUT2D eigenvalue weighted by molar-refractivity contribution is 0.0729. The number of morpholine rings is 1. The Morgan fingerprint density at radius 1 is 1.12 bits per heavy atom. The Bertz CT molecular complexity index is 714. The Labute approximate surface area is 149 Å². The number of ether oxygens (including phenoxy) is 1. The van der Waals surface area contributed by atoms with Crippen LogP contribution >= 0.6 is 0 Å². The van der Waals surface area contributed by atoms with E-state index in [1.54, 1.807) is 18.2 Å². The molecule has 0 saturated carbocycles. The van der Waals surface area contributed by atoms with Gasteiger partial charge in [-0.3, -0.25) is 4.79 Å². The standard InChI is InChI=1S/C18H26N2O4S/c1-15-4-3-8-19(9-7-15)18(21)16-5-2-6-17(14-16)25(22,23)20-10-12-24-13-11-20/h2,5-6,14-15H,3-4,7-13H2,1H3. The molecule has 2 heterocycles. The number of sulfonamides is 1. The van der Waals surface area contributed by atoms with E-state index >= 15 is 0 Å². The quantitative estimate of drug-likeness (QED) is 0.820. The number of nitrogens with zero attached hydrogens (tertiary/aromatic N) is 2. The van der Waals surface area contributed by atoms with Crippen LogP contribution in [0.1, 0.15) is 36.5 Å². The average molecular weight is 366 g/mol. The molecule has 0 aliphatic carbocycles. The first-order chi connectivity index (χ1) is 12.0. The van der Waals surface area contributed by atoms with E-state index in [1.807, 2.05) is 4.90 Å². The molecule has 2 aliphatic heterocycles. The fraction of sp³-hybridized carbons (Fsp3) is 0.611. The Balaban J connectivity index is 1.80. The summed E-state index contributed by atoms with van der Waals surface area (Å²) in [7, 11) is -3.58. The molecule has 0 aromatic heterocycles. The topological polar surface area (TPSA) is 66.9 Å². The van der Waals surface area contributed by atoms with Crippen molar-refractivity contribution in [2.45, 2.75) is 31.1 Å². The maximum absolute atomic E-state index is 12.8. The monoisotopic (exact) mass is 366 g/mol. The summed E-state index contributed by atoms with van der Waals surface area (Å²) in [6.07, 6.45) is 3.13. The summed E-state index contributed by atoms with van der Waals surface area (Å²) in [4.78, 5) is 14.8. The highest BCUT2D eigenvalue weighted by Gasteiger charge is 2.27. The minimum atomic E-state index is -3.58. The second-order valence-electron chi connectivity index (χ2n) is 6.87. The zero-order valence-electron chi connectivity index (χ0n) is 14.7. The molecule has 1 amide bonds. The predicted octanol–water partition coefficient (Wildman–Crippen LogP) is 1.97. The van der Waals surface area contributed by atoms with Gasteiger partial charge in [0.15, 0.2) is 0 Å². The van der Waals surface area contributed by atoms with Crippen LogP contribution in [0.2, 0.25) is 0 Å². The van der Waals surface area contributed by atoms with Crippen LogP contribution in [0.5, 0.6) is 0 Å². The van der Waals surface area contributed by atoms with Crippen LogP contribution < -0.4 is 0 Å². The van der Waals surface area contributed by atoms with Crippen molar-refractivity contribution in [3.05, 3.63) is 29.8 Å². The van der Waals surface area contributed by atoms with E-state index in [4.69, 9.17) is 4.74 Å². The van der Waals surface area contributed by atoms with E-state index in [0.29, 0.717) is 37.8 Å². The first kappa shape index (κ1) is 18.4. The third-order valence-electron chi connectivity index (χ3n) is 4.99. The number of likely N-dealkylation sites (tertiary alicyclic amines) is 1. The second kappa shape index (κ2) is 7.85. The molecule has 6 nitrogen and oxygen atoms in total. The van der Waals surface area contributed by atoms with Gasteiger partial charge in [0.2, 0.25) is 10.0 Å². The molecule has 7 heteroatoms. The molecule has 2 saturated heterocycles. The van der Waals surface area contributed by atoms with Crippen LogP contribution in [0, 0.1) is 5.92 Å². The van der Waals surface area contributed by atoms with Gasteiger partial charge in [-0.1, -0.05) is 13.0 Å². The molecule has 1 atom stereocenters. The van der Waals surface area contributed by atoms with Crippen molar-refractivity contribution in [1.29, 1.82) is 0 Å². The van der Waals surface area contributed by atoms with Gasteiger partial charge in [0.25, 0.3) is 5.91 Å². The summed E-state index contributed by atoms with van der Waals surface area (Å²) in [5.41, 5.74) is 0.448. The van der Waals surface area contributed by atoms with E-state index in [1.165, 1.54) is 10.4 Å². The first-order valence-electron chi connectivity index (χ1n) is 8.96. The molecule has 2 fully saturated rings. The van der Waals surface area contributed by atoms with Crippen LogP contribution in [0.4, 0.5) is 0 Å². The summed E-state index contributed by atoms with van der Waals surface area (Å²) in [5, 5.41) is 0. The fourth-order valence-corrected chi connectivity index (χ4v) is 4.83. The van der Waals surface area contributed by atoms with E-state index < -0.39 is 10.0 Å². The third kappa shape index (κ3) is 4.22. The van der Waals surface area contributed by atoms with Crippen LogP contribution in [-0.2, 0) is 14.8 Å². The fourth-order valence-electron chi connectivity index (χ4n) is 3.37. The van der Waals surface area contributed by atoms with Gasteiger partial charge < -0.3 is 9.64 Å². The van der Waals surface area contributed by atoms with Gasteiger partial charge in [0.1, 0.15) is 0 Å². The lowest BCUT2D eigenvalue weighted by Crippen LogP contribution is -2.40. The highest BCUT2D eigenvalue weighted by molar-refractivity contribution is 7.89. The molecular formula is C18H26N2O4S. The average Bonchev–Trinajstić information content (AvgIpc) is 2.86. The van der Waals surface area contributed by atoms with Crippen LogP contribution in [0.25, 0.3) is 0 Å². The molecule has 1 aromatic rings.